The van der Waals surface area contributed by atoms with Crippen LogP contribution in [0.5, 0.6) is 11.5 Å². The van der Waals surface area contributed by atoms with E-state index in [-0.39, 0.29) is 0 Å². The number of nitrogens with one attached hydrogen (secondary N) is 1. The molecule has 5 heteroatoms. The molecule has 0 radical (unpaired) electrons. The van der Waals surface area contributed by atoms with Crippen molar-refractivity contribution in [2.24, 2.45) is 0 Å². The Morgan fingerprint density at radius 3 is 2.75 bits per heavy atom. The average Bonchev–Trinajstić information content (AvgIpc) is 2.45. The van der Waals surface area contributed by atoms with Gasteiger partial charge >= 0.3 is 0 Å². The number of halogens is 1. The van der Waals surface area contributed by atoms with Crippen molar-refractivity contribution in [1.82, 2.24) is 5.32 Å². The van der Waals surface area contributed by atoms with Gasteiger partial charge in [-0.1, -0.05) is 6.92 Å². The highest BCUT2D eigenvalue weighted by atomic mass is 79.9. The Kier molecular flexibility index (Phi) is 8.41. The molecule has 0 spiro atoms. The number of hydrogen-bond donors (Lipinski definition) is 1. The summed E-state index contributed by atoms with van der Waals surface area (Å²) in [6.07, 6.45) is 3.33. The lowest BCUT2D eigenvalue weighted by molar-refractivity contribution is 0.308. The monoisotopic (exact) mass is 361 g/mol. The number of ether oxygens (including phenoxy) is 2. The maximum absolute atomic E-state index is 5.59. The number of methoxy groups -OCH3 is 1. The Morgan fingerprint density at radius 1 is 1.40 bits per heavy atom. The zero-order valence-corrected chi connectivity index (χ0v) is 15.1. The fourth-order valence-electron chi connectivity index (χ4n) is 1.82. The molecule has 0 bridgehead atoms. The molecule has 0 saturated heterocycles. The molecule has 0 aliphatic carbocycles. The summed E-state index contributed by atoms with van der Waals surface area (Å²) in [4.78, 5) is 0. The maximum Gasteiger partial charge on any atom is 0.175 e. The number of rotatable bonds is 9. The summed E-state index contributed by atoms with van der Waals surface area (Å²) in [6.45, 7) is 6.70. The first-order valence-electron chi connectivity index (χ1n) is 6.85. The smallest absolute Gasteiger partial charge is 0.175 e. The fraction of sp³-hybridized carbons (Fsp3) is 0.600. The van der Waals surface area contributed by atoms with Gasteiger partial charge in [0.15, 0.2) is 11.5 Å². The number of benzene rings is 1. The molecule has 1 aromatic carbocycles. The van der Waals surface area contributed by atoms with Gasteiger partial charge in [-0.15, -0.1) is 0 Å². The van der Waals surface area contributed by atoms with Gasteiger partial charge in [0.25, 0.3) is 0 Å². The van der Waals surface area contributed by atoms with E-state index in [0.717, 1.165) is 29.1 Å². The van der Waals surface area contributed by atoms with E-state index in [1.54, 1.807) is 7.11 Å². The van der Waals surface area contributed by atoms with Gasteiger partial charge in [-0.05, 0) is 59.8 Å². The van der Waals surface area contributed by atoms with Crippen LogP contribution in [0.1, 0.15) is 25.8 Å². The van der Waals surface area contributed by atoms with E-state index in [1.807, 2.05) is 24.8 Å². The number of thioether (sulfide) groups is 1. The van der Waals surface area contributed by atoms with Crippen LogP contribution >= 0.6 is 27.7 Å². The Hall–Kier alpha value is -0.390. The second-order valence-corrected chi connectivity index (χ2v) is 6.68. The van der Waals surface area contributed by atoms with Gasteiger partial charge in [-0.2, -0.15) is 11.8 Å². The first-order valence-corrected chi connectivity index (χ1v) is 8.93. The van der Waals surface area contributed by atoms with E-state index < -0.39 is 0 Å². The van der Waals surface area contributed by atoms with E-state index >= 15 is 0 Å². The normalized spacial score (nSPS) is 12.2. The molecule has 20 heavy (non-hydrogen) atoms. The van der Waals surface area contributed by atoms with Gasteiger partial charge < -0.3 is 14.8 Å². The Labute approximate surface area is 134 Å². The summed E-state index contributed by atoms with van der Waals surface area (Å²) in [5, 5.41) is 4.16. The van der Waals surface area contributed by atoms with E-state index in [4.69, 9.17) is 9.47 Å². The van der Waals surface area contributed by atoms with Crippen LogP contribution in [0, 0.1) is 0 Å². The molecule has 3 nitrogen and oxygen atoms in total. The van der Waals surface area contributed by atoms with Crippen molar-refractivity contribution in [3.05, 3.63) is 22.2 Å². The summed E-state index contributed by atoms with van der Waals surface area (Å²) >= 11 is 5.45. The van der Waals surface area contributed by atoms with Crippen molar-refractivity contribution in [2.45, 2.75) is 32.1 Å². The zero-order valence-electron chi connectivity index (χ0n) is 12.7. The maximum atomic E-state index is 5.59. The van der Waals surface area contributed by atoms with Gasteiger partial charge in [0.05, 0.1) is 18.2 Å². The molecule has 0 heterocycles. The molecule has 0 aliphatic rings. The molecule has 1 aromatic rings. The third-order valence-electron chi connectivity index (χ3n) is 3.04. The second kappa shape index (κ2) is 9.53. The average molecular weight is 362 g/mol. The van der Waals surface area contributed by atoms with Crippen molar-refractivity contribution in [1.29, 1.82) is 0 Å². The lowest BCUT2D eigenvalue weighted by atomic mass is 10.2. The second-order valence-electron chi connectivity index (χ2n) is 4.55. The molecule has 1 unspecified atom stereocenters. The van der Waals surface area contributed by atoms with Crippen molar-refractivity contribution in [2.75, 3.05) is 26.5 Å². The van der Waals surface area contributed by atoms with Crippen LogP contribution in [0.3, 0.4) is 0 Å². The lowest BCUT2D eigenvalue weighted by Gasteiger charge is -2.14. The van der Waals surface area contributed by atoms with Gasteiger partial charge in [0.1, 0.15) is 0 Å². The molecule has 0 aliphatic heterocycles. The highest BCUT2D eigenvalue weighted by molar-refractivity contribution is 9.10. The first-order chi connectivity index (χ1) is 9.62. The quantitative estimate of drug-likeness (QED) is 0.671. The van der Waals surface area contributed by atoms with Crippen LogP contribution in [0.15, 0.2) is 16.6 Å². The lowest BCUT2D eigenvalue weighted by Crippen LogP contribution is -2.17. The molecule has 0 amide bonds. The van der Waals surface area contributed by atoms with Crippen LogP contribution in [-0.4, -0.2) is 31.8 Å². The predicted octanol–water partition coefficient (Wildman–Crippen LogP) is 4.09. The SMILES string of the molecule is CCOc1c(Br)cc(CNCCC(C)SC)cc1OC. The standard InChI is InChI=1S/C15H24BrNO2S/c1-5-19-15-13(16)8-12(9-14(15)18-3)10-17-7-6-11(2)20-4/h8-9,11,17H,5-7,10H2,1-4H3. The molecule has 114 valence electrons. The molecule has 1 N–H and O–H groups in total. The third kappa shape index (κ3) is 5.54. The van der Waals surface area contributed by atoms with Gasteiger partial charge in [0.2, 0.25) is 0 Å². The zero-order chi connectivity index (χ0) is 15.0. The van der Waals surface area contributed by atoms with Gasteiger partial charge in [-0.25, -0.2) is 0 Å². The molecular formula is C15H24BrNO2S. The van der Waals surface area contributed by atoms with Crippen molar-refractivity contribution >= 4 is 27.7 Å². The van der Waals surface area contributed by atoms with Crippen LogP contribution in [-0.2, 0) is 6.54 Å². The Morgan fingerprint density at radius 2 is 2.15 bits per heavy atom. The van der Waals surface area contributed by atoms with E-state index in [0.29, 0.717) is 11.9 Å². The predicted molar refractivity (Wildman–Crippen MR) is 91.2 cm³/mol. The van der Waals surface area contributed by atoms with E-state index in [1.165, 1.54) is 12.0 Å². The van der Waals surface area contributed by atoms with Gasteiger partial charge in [-0.3, -0.25) is 0 Å². The summed E-state index contributed by atoms with van der Waals surface area (Å²) in [5.74, 6) is 1.55. The number of hydrogen-bond acceptors (Lipinski definition) is 4. The summed E-state index contributed by atoms with van der Waals surface area (Å²) in [6, 6.07) is 4.11. The molecule has 0 fully saturated rings. The molecule has 1 atom stereocenters. The first kappa shape index (κ1) is 17.7. The molecular weight excluding hydrogens is 338 g/mol. The topological polar surface area (TPSA) is 30.5 Å². The molecule has 1 rings (SSSR count). The minimum absolute atomic E-state index is 0.624. The summed E-state index contributed by atoms with van der Waals surface area (Å²) in [5.41, 5.74) is 1.19. The highest BCUT2D eigenvalue weighted by Crippen LogP contribution is 2.36. The Bertz CT molecular complexity index is 415. The van der Waals surface area contributed by atoms with Crippen molar-refractivity contribution in [3.63, 3.8) is 0 Å². The van der Waals surface area contributed by atoms with Crippen molar-refractivity contribution < 1.29 is 9.47 Å². The highest BCUT2D eigenvalue weighted by Gasteiger charge is 2.11. The molecule has 0 aromatic heterocycles. The summed E-state index contributed by atoms with van der Waals surface area (Å²) in [7, 11) is 1.67. The van der Waals surface area contributed by atoms with Crippen LogP contribution in [0.2, 0.25) is 0 Å². The van der Waals surface area contributed by atoms with Crippen LogP contribution in [0.4, 0.5) is 0 Å². The van der Waals surface area contributed by atoms with Crippen LogP contribution in [0.25, 0.3) is 0 Å². The Balaban J connectivity index is 2.60. The van der Waals surface area contributed by atoms with Crippen LogP contribution < -0.4 is 14.8 Å². The minimum Gasteiger partial charge on any atom is -0.493 e. The molecule has 0 saturated carbocycles. The largest absolute Gasteiger partial charge is 0.493 e. The van der Waals surface area contributed by atoms with E-state index in [2.05, 4.69) is 40.5 Å². The fourth-order valence-corrected chi connectivity index (χ4v) is 2.77. The third-order valence-corrected chi connectivity index (χ3v) is 4.67. The van der Waals surface area contributed by atoms with E-state index in [9.17, 15) is 0 Å². The van der Waals surface area contributed by atoms with Crippen molar-refractivity contribution in [3.8, 4) is 11.5 Å². The van der Waals surface area contributed by atoms with Gasteiger partial charge in [0, 0.05) is 11.8 Å². The summed E-state index contributed by atoms with van der Waals surface area (Å²) < 4.78 is 11.9. The minimum atomic E-state index is 0.624.